The highest BCUT2D eigenvalue weighted by Crippen LogP contribution is 2.54. The van der Waals surface area contributed by atoms with Gasteiger partial charge >= 0.3 is 0 Å². The van der Waals surface area contributed by atoms with Gasteiger partial charge in [0.05, 0.1) is 5.69 Å². The molecule has 0 aromatic heterocycles. The van der Waals surface area contributed by atoms with Crippen LogP contribution in [0.25, 0.3) is 44.2 Å². The molecule has 0 bridgehead atoms. The van der Waals surface area contributed by atoms with Gasteiger partial charge in [0.15, 0.2) is 0 Å². The van der Waals surface area contributed by atoms with Gasteiger partial charge in [0.25, 0.3) is 0 Å². The van der Waals surface area contributed by atoms with Gasteiger partial charge < -0.3 is 4.90 Å². The first kappa shape index (κ1) is 26.2. The SMILES string of the molecule is CC1(C)c2ccccc2-c2ccc3cccc(N(c4ccc(-c5ccccc5)cc4)c4ccc(-c5ccccc5)cc4)c3c21. The van der Waals surface area contributed by atoms with Crippen molar-refractivity contribution in [2.75, 3.05) is 4.90 Å². The van der Waals surface area contributed by atoms with Crippen LogP contribution in [0.15, 0.2) is 164 Å². The first-order chi connectivity index (χ1) is 21.6. The lowest BCUT2D eigenvalue weighted by Crippen LogP contribution is -2.17. The molecule has 0 saturated carbocycles. The summed E-state index contributed by atoms with van der Waals surface area (Å²) in [7, 11) is 0. The molecule has 8 rings (SSSR count). The molecule has 44 heavy (non-hydrogen) atoms. The molecule has 0 N–H and O–H groups in total. The summed E-state index contributed by atoms with van der Waals surface area (Å²) in [6.45, 7) is 4.75. The number of hydrogen-bond donors (Lipinski definition) is 0. The van der Waals surface area contributed by atoms with E-state index in [9.17, 15) is 0 Å². The van der Waals surface area contributed by atoms with Gasteiger partial charge in [0.1, 0.15) is 0 Å². The van der Waals surface area contributed by atoms with Crippen molar-refractivity contribution in [1.29, 1.82) is 0 Å². The highest BCUT2D eigenvalue weighted by molar-refractivity contribution is 6.06. The van der Waals surface area contributed by atoms with E-state index in [1.807, 2.05) is 0 Å². The van der Waals surface area contributed by atoms with Gasteiger partial charge in [-0.3, -0.25) is 0 Å². The van der Waals surface area contributed by atoms with Crippen molar-refractivity contribution in [3.63, 3.8) is 0 Å². The highest BCUT2D eigenvalue weighted by Gasteiger charge is 2.37. The van der Waals surface area contributed by atoms with Crippen LogP contribution in [-0.2, 0) is 5.41 Å². The average Bonchev–Trinajstić information content (AvgIpc) is 3.33. The molecule has 210 valence electrons. The molecule has 0 atom stereocenters. The zero-order valence-corrected chi connectivity index (χ0v) is 25.0. The third kappa shape index (κ3) is 4.24. The van der Waals surface area contributed by atoms with Crippen molar-refractivity contribution in [3.8, 4) is 33.4 Å². The lowest BCUT2D eigenvalue weighted by molar-refractivity contribution is 0.666. The third-order valence-electron chi connectivity index (χ3n) is 9.25. The molecular formula is C43H33N. The topological polar surface area (TPSA) is 3.24 Å². The molecule has 7 aromatic rings. The smallest absolute Gasteiger partial charge is 0.0543 e. The summed E-state index contributed by atoms with van der Waals surface area (Å²) in [6.07, 6.45) is 0. The third-order valence-corrected chi connectivity index (χ3v) is 9.25. The Morgan fingerprint density at radius 1 is 0.409 bits per heavy atom. The predicted octanol–water partition coefficient (Wildman–Crippen LogP) is 11.9. The van der Waals surface area contributed by atoms with E-state index >= 15 is 0 Å². The van der Waals surface area contributed by atoms with Crippen LogP contribution in [0.1, 0.15) is 25.0 Å². The first-order valence-corrected chi connectivity index (χ1v) is 15.4. The van der Waals surface area contributed by atoms with E-state index in [0.29, 0.717) is 0 Å². The Morgan fingerprint density at radius 2 is 0.932 bits per heavy atom. The van der Waals surface area contributed by atoms with Crippen LogP contribution >= 0.6 is 0 Å². The summed E-state index contributed by atoms with van der Waals surface area (Å²) >= 11 is 0. The molecule has 0 amide bonds. The Kier molecular flexibility index (Phi) is 6.20. The van der Waals surface area contributed by atoms with Gasteiger partial charge in [-0.15, -0.1) is 0 Å². The van der Waals surface area contributed by atoms with Crippen molar-refractivity contribution < 1.29 is 0 Å². The van der Waals surface area contributed by atoms with E-state index in [4.69, 9.17) is 0 Å². The molecule has 7 aromatic carbocycles. The van der Waals surface area contributed by atoms with E-state index in [2.05, 4.69) is 183 Å². The van der Waals surface area contributed by atoms with Gasteiger partial charge in [-0.05, 0) is 80.2 Å². The molecule has 1 aliphatic carbocycles. The van der Waals surface area contributed by atoms with Gasteiger partial charge in [-0.2, -0.15) is 0 Å². The van der Waals surface area contributed by atoms with Crippen LogP contribution < -0.4 is 4.90 Å². The minimum Gasteiger partial charge on any atom is -0.310 e. The maximum atomic E-state index is 2.44. The lowest BCUT2D eigenvalue weighted by Gasteiger charge is -2.30. The second-order valence-corrected chi connectivity index (χ2v) is 12.2. The largest absolute Gasteiger partial charge is 0.310 e. The second-order valence-electron chi connectivity index (χ2n) is 12.2. The molecule has 0 aliphatic heterocycles. The fourth-order valence-corrected chi connectivity index (χ4v) is 7.11. The predicted molar refractivity (Wildman–Crippen MR) is 187 cm³/mol. The molecular weight excluding hydrogens is 530 g/mol. The summed E-state index contributed by atoms with van der Waals surface area (Å²) in [4.78, 5) is 2.44. The van der Waals surface area contributed by atoms with Crippen LogP contribution in [0.3, 0.4) is 0 Å². The molecule has 0 heterocycles. The quantitative estimate of drug-likeness (QED) is 0.201. The van der Waals surface area contributed by atoms with E-state index in [1.165, 1.54) is 61.0 Å². The van der Waals surface area contributed by atoms with Crippen molar-refractivity contribution >= 4 is 27.8 Å². The van der Waals surface area contributed by atoms with Crippen LogP contribution in [0.2, 0.25) is 0 Å². The normalized spacial score (nSPS) is 13.0. The fourth-order valence-electron chi connectivity index (χ4n) is 7.11. The fraction of sp³-hybridized carbons (Fsp3) is 0.0698. The molecule has 0 spiro atoms. The molecule has 0 saturated heterocycles. The molecule has 1 nitrogen and oxygen atoms in total. The standard InChI is InChI=1S/C43H33N/c1-43(2)39-18-10-9-17-37(39)38-29-24-34-16-11-19-40(41(34)42(38)43)44(35-25-20-32(21-26-35)30-12-5-3-6-13-30)36-27-22-33(23-28-36)31-14-7-4-8-15-31/h3-29H,1-2H3. The lowest BCUT2D eigenvalue weighted by atomic mass is 9.79. The minimum atomic E-state index is -0.123. The Hall–Kier alpha value is -5.40. The van der Waals surface area contributed by atoms with Crippen molar-refractivity contribution in [2.24, 2.45) is 0 Å². The summed E-state index contributed by atoms with van der Waals surface area (Å²) in [5, 5.41) is 2.57. The Balaban J connectivity index is 1.35. The Bertz CT molecular complexity index is 2020. The van der Waals surface area contributed by atoms with E-state index < -0.39 is 0 Å². The maximum absolute atomic E-state index is 2.44. The minimum absolute atomic E-state index is 0.123. The number of nitrogens with zero attached hydrogens (tertiary/aromatic N) is 1. The number of fused-ring (bicyclic) bond motifs is 5. The molecule has 1 aliphatic rings. The van der Waals surface area contributed by atoms with Gasteiger partial charge in [0.2, 0.25) is 0 Å². The summed E-state index contributed by atoms with van der Waals surface area (Å²) in [5.41, 5.74) is 13.7. The van der Waals surface area contributed by atoms with Crippen LogP contribution in [0.4, 0.5) is 17.1 Å². The zero-order chi connectivity index (χ0) is 29.7. The zero-order valence-electron chi connectivity index (χ0n) is 25.0. The Labute approximate surface area is 259 Å². The molecule has 0 radical (unpaired) electrons. The summed E-state index contributed by atoms with van der Waals surface area (Å²) in [5.74, 6) is 0. The van der Waals surface area contributed by atoms with Gasteiger partial charge in [-0.1, -0.05) is 147 Å². The maximum Gasteiger partial charge on any atom is 0.0543 e. The van der Waals surface area contributed by atoms with Crippen LogP contribution in [0, 0.1) is 0 Å². The monoisotopic (exact) mass is 563 g/mol. The number of hydrogen-bond acceptors (Lipinski definition) is 1. The van der Waals surface area contributed by atoms with Crippen molar-refractivity contribution in [2.45, 2.75) is 19.3 Å². The van der Waals surface area contributed by atoms with E-state index in [1.54, 1.807) is 0 Å². The summed E-state index contributed by atoms with van der Waals surface area (Å²) < 4.78 is 0. The average molecular weight is 564 g/mol. The second kappa shape index (κ2) is 10.4. The molecule has 0 fully saturated rings. The van der Waals surface area contributed by atoms with Crippen LogP contribution in [-0.4, -0.2) is 0 Å². The van der Waals surface area contributed by atoms with Crippen molar-refractivity contribution in [3.05, 3.63) is 175 Å². The molecule has 0 unspecified atom stereocenters. The van der Waals surface area contributed by atoms with Crippen molar-refractivity contribution in [1.82, 2.24) is 0 Å². The summed E-state index contributed by atoms with van der Waals surface area (Å²) in [6, 6.07) is 59.5. The number of anilines is 3. The highest BCUT2D eigenvalue weighted by atomic mass is 15.1. The van der Waals surface area contributed by atoms with Gasteiger partial charge in [0, 0.05) is 22.2 Å². The first-order valence-electron chi connectivity index (χ1n) is 15.4. The molecule has 1 heteroatoms. The van der Waals surface area contributed by atoms with Crippen LogP contribution in [0.5, 0.6) is 0 Å². The van der Waals surface area contributed by atoms with E-state index in [0.717, 1.165) is 11.4 Å². The van der Waals surface area contributed by atoms with E-state index in [-0.39, 0.29) is 5.41 Å². The number of rotatable bonds is 5. The Morgan fingerprint density at radius 3 is 1.52 bits per heavy atom. The number of benzene rings is 7. The van der Waals surface area contributed by atoms with Gasteiger partial charge in [-0.25, -0.2) is 0 Å².